The summed E-state index contributed by atoms with van der Waals surface area (Å²) in [6, 6.07) is 7.37. The van der Waals surface area contributed by atoms with E-state index in [0.717, 1.165) is 5.56 Å². The molecule has 1 atom stereocenters. The maximum absolute atomic E-state index is 12.4. The average molecular weight is 577 g/mol. The summed E-state index contributed by atoms with van der Waals surface area (Å²) in [5.41, 5.74) is 3.21. The van der Waals surface area contributed by atoms with Gasteiger partial charge in [0.15, 0.2) is 0 Å². The first-order chi connectivity index (χ1) is 19.7. The Kier molecular flexibility index (Phi) is 22.0. The fourth-order valence-corrected chi connectivity index (χ4v) is 4.24. The fourth-order valence-electron chi connectivity index (χ4n) is 4.24. The smallest absolute Gasteiger partial charge is 0.251 e. The van der Waals surface area contributed by atoms with Gasteiger partial charge >= 0.3 is 0 Å². The second-order valence-electron chi connectivity index (χ2n) is 10.7. The van der Waals surface area contributed by atoms with Crippen LogP contribution in [0.3, 0.4) is 0 Å². The fraction of sp³-hybridized carbons (Fsp3) is 0.688. The Morgan fingerprint density at radius 1 is 0.878 bits per heavy atom. The lowest BCUT2D eigenvalue weighted by molar-refractivity contribution is -0.137. The Hall–Kier alpha value is -2.94. The molecule has 234 valence electrons. The zero-order chi connectivity index (χ0) is 31.0. The first-order valence-corrected chi connectivity index (χ1v) is 15.5. The van der Waals surface area contributed by atoms with Crippen LogP contribution in [-0.4, -0.2) is 59.4 Å². The van der Waals surface area contributed by atoms with Gasteiger partial charge in [0.2, 0.25) is 17.7 Å². The summed E-state index contributed by atoms with van der Waals surface area (Å²) in [7, 11) is 0. The highest BCUT2D eigenvalue weighted by molar-refractivity contribution is 5.94. The molecule has 1 saturated carbocycles. The second-order valence-corrected chi connectivity index (χ2v) is 10.7. The molecule has 4 amide bonds. The lowest BCUT2D eigenvalue weighted by Crippen LogP contribution is -2.49. The topological polar surface area (TPSA) is 128 Å². The number of carbonyl (C=O) groups is 4. The highest BCUT2D eigenvalue weighted by atomic mass is 16.5. The van der Waals surface area contributed by atoms with Gasteiger partial charge in [-0.2, -0.15) is 0 Å². The minimum absolute atomic E-state index is 0.00101. The van der Waals surface area contributed by atoms with Gasteiger partial charge in [0, 0.05) is 37.0 Å². The molecule has 1 heterocycles. The molecule has 1 aliphatic heterocycles. The molecule has 1 aromatic rings. The number of carbonyl (C=O) groups excluding carboxylic acids is 4. The quantitative estimate of drug-likeness (QED) is 0.239. The number of nitrogens with zero attached hydrogens (tertiary/aromatic N) is 1. The van der Waals surface area contributed by atoms with Crippen molar-refractivity contribution in [2.24, 2.45) is 5.92 Å². The van der Waals surface area contributed by atoms with Crippen LogP contribution >= 0.6 is 0 Å². The third-order valence-electron chi connectivity index (χ3n) is 6.58. The minimum atomic E-state index is -0.641. The maximum Gasteiger partial charge on any atom is 0.251 e. The molecule has 1 saturated heterocycles. The van der Waals surface area contributed by atoms with E-state index in [2.05, 4.69) is 38.3 Å². The number of hydroxylamine groups is 1. The van der Waals surface area contributed by atoms with Crippen molar-refractivity contribution < 1.29 is 24.4 Å². The summed E-state index contributed by atoms with van der Waals surface area (Å²) in [6.45, 7) is 13.1. The Morgan fingerprint density at radius 2 is 1.37 bits per heavy atom. The number of piperidine rings is 1. The molecule has 9 nitrogen and oxygen atoms in total. The van der Waals surface area contributed by atoms with Crippen molar-refractivity contribution in [1.82, 2.24) is 21.0 Å². The van der Waals surface area contributed by atoms with E-state index < -0.39 is 17.7 Å². The average Bonchev–Trinajstić information content (AvgIpc) is 3.56. The molecule has 3 rings (SSSR count). The van der Waals surface area contributed by atoms with Gasteiger partial charge in [-0.25, -0.2) is 5.48 Å². The molecule has 1 aromatic carbocycles. The van der Waals surface area contributed by atoms with Crippen LogP contribution in [0, 0.1) is 12.8 Å². The number of likely N-dealkylation sites (tertiary alicyclic amines) is 1. The molecule has 1 unspecified atom stereocenters. The second kappa shape index (κ2) is 23.7. The third kappa shape index (κ3) is 17.5. The van der Waals surface area contributed by atoms with Crippen LogP contribution in [0.1, 0.15) is 121 Å². The van der Waals surface area contributed by atoms with Crippen LogP contribution in [0.25, 0.3) is 0 Å². The van der Waals surface area contributed by atoms with Gasteiger partial charge in [-0.1, -0.05) is 97.3 Å². The molecule has 2 fully saturated rings. The number of aryl methyl sites for hydroxylation is 1. The summed E-state index contributed by atoms with van der Waals surface area (Å²) in [5, 5.41) is 14.2. The first-order valence-electron chi connectivity index (χ1n) is 15.5. The highest BCUT2D eigenvalue weighted by Crippen LogP contribution is 2.15. The molecule has 0 spiro atoms. The van der Waals surface area contributed by atoms with Gasteiger partial charge in [-0.3, -0.25) is 24.4 Å². The zero-order valence-electron chi connectivity index (χ0n) is 26.4. The van der Waals surface area contributed by atoms with Crippen molar-refractivity contribution in [2.75, 3.05) is 19.6 Å². The number of hydrogen-bond donors (Lipinski definition) is 4. The first kappa shape index (κ1) is 38.1. The Bertz CT molecular complexity index is 854. The molecular weight excluding hydrogens is 520 g/mol. The van der Waals surface area contributed by atoms with Crippen molar-refractivity contribution in [3.8, 4) is 0 Å². The molecule has 2 aliphatic rings. The van der Waals surface area contributed by atoms with Gasteiger partial charge in [0.25, 0.3) is 5.91 Å². The molecule has 1 aliphatic carbocycles. The largest absolute Gasteiger partial charge is 0.349 e. The van der Waals surface area contributed by atoms with E-state index in [9.17, 15) is 19.2 Å². The highest BCUT2D eigenvalue weighted by Gasteiger charge is 2.25. The molecule has 41 heavy (non-hydrogen) atoms. The van der Waals surface area contributed by atoms with Crippen LogP contribution in [0.2, 0.25) is 0 Å². The van der Waals surface area contributed by atoms with Gasteiger partial charge in [-0.05, 0) is 38.3 Å². The lowest BCUT2D eigenvalue weighted by atomic mass is 10.0. The number of benzene rings is 1. The lowest BCUT2D eigenvalue weighted by Gasteiger charge is -2.32. The van der Waals surface area contributed by atoms with Crippen molar-refractivity contribution in [1.29, 1.82) is 0 Å². The molecule has 0 bridgehead atoms. The normalized spacial score (nSPS) is 15.0. The number of hydrogen-bond acceptors (Lipinski definition) is 5. The van der Waals surface area contributed by atoms with Crippen molar-refractivity contribution >= 4 is 23.6 Å². The van der Waals surface area contributed by atoms with E-state index in [-0.39, 0.29) is 30.8 Å². The summed E-state index contributed by atoms with van der Waals surface area (Å²) in [6.07, 6.45) is 11.6. The van der Waals surface area contributed by atoms with Crippen molar-refractivity contribution in [3.63, 3.8) is 0 Å². The standard InChI is InChI=1S/C21H30N4O5.C5H10.2C3H8/c1-3-15(12-18(26)24-30)20(28)22-13-19(27)25-10-8-17(9-11-25)23-21(29)16-6-4-14(2)5-7-16;1-2-4-5-3-1;2*1-3-2/h4-7,15,17,30H,3,8-13H2,1-2H3,(H,22,28)(H,23,29)(H,24,26);1-5H2;2*3H2,1-2H3. The van der Waals surface area contributed by atoms with Gasteiger partial charge in [0.05, 0.1) is 6.54 Å². The van der Waals surface area contributed by atoms with Crippen LogP contribution in [0.4, 0.5) is 0 Å². The van der Waals surface area contributed by atoms with Crippen molar-refractivity contribution in [2.45, 2.75) is 118 Å². The van der Waals surface area contributed by atoms with E-state index in [1.54, 1.807) is 24.0 Å². The number of nitrogens with one attached hydrogen (secondary N) is 3. The molecule has 9 heteroatoms. The van der Waals surface area contributed by atoms with Crippen LogP contribution in [0.5, 0.6) is 0 Å². The maximum atomic E-state index is 12.4. The van der Waals surface area contributed by atoms with Gasteiger partial charge in [-0.15, -0.1) is 0 Å². The SMILES string of the molecule is C1CCCC1.CCC.CCC.CCC(CC(=O)NO)C(=O)NCC(=O)N1CCC(NC(=O)c2ccc(C)cc2)CC1. The zero-order valence-corrected chi connectivity index (χ0v) is 26.4. The van der Waals surface area contributed by atoms with Crippen LogP contribution in [-0.2, 0) is 14.4 Å². The van der Waals surface area contributed by atoms with E-state index in [4.69, 9.17) is 5.21 Å². The molecule has 0 aromatic heterocycles. The summed E-state index contributed by atoms with van der Waals surface area (Å²) < 4.78 is 0. The summed E-state index contributed by atoms with van der Waals surface area (Å²) in [4.78, 5) is 49.8. The summed E-state index contributed by atoms with van der Waals surface area (Å²) >= 11 is 0. The molecular formula is C32H56N4O5. The molecule has 4 N–H and O–H groups in total. The van der Waals surface area contributed by atoms with E-state index in [0.29, 0.717) is 37.9 Å². The minimum Gasteiger partial charge on any atom is -0.349 e. The Morgan fingerprint density at radius 3 is 1.80 bits per heavy atom. The predicted octanol–water partition coefficient (Wildman–Crippen LogP) is 5.54. The Labute approximate surface area is 248 Å². The van der Waals surface area contributed by atoms with E-state index in [1.807, 2.05) is 19.1 Å². The number of rotatable bonds is 8. The van der Waals surface area contributed by atoms with Crippen LogP contribution < -0.4 is 16.1 Å². The monoisotopic (exact) mass is 576 g/mol. The van der Waals surface area contributed by atoms with Crippen LogP contribution in [0.15, 0.2) is 24.3 Å². The van der Waals surface area contributed by atoms with Crippen molar-refractivity contribution in [3.05, 3.63) is 35.4 Å². The third-order valence-corrected chi connectivity index (χ3v) is 6.58. The predicted molar refractivity (Wildman–Crippen MR) is 165 cm³/mol. The molecule has 0 radical (unpaired) electrons. The number of amides is 4. The van der Waals surface area contributed by atoms with E-state index in [1.165, 1.54) is 50.4 Å². The Balaban J connectivity index is 0.00000122. The van der Waals surface area contributed by atoms with Gasteiger partial charge in [0.1, 0.15) is 0 Å². The van der Waals surface area contributed by atoms with Gasteiger partial charge < -0.3 is 15.5 Å². The van der Waals surface area contributed by atoms with E-state index >= 15 is 0 Å². The summed E-state index contributed by atoms with van der Waals surface area (Å²) in [5.74, 6) is -1.96.